The molecule has 0 spiro atoms. The van der Waals surface area contributed by atoms with Gasteiger partial charge in [-0.05, 0) is 61.5 Å². The van der Waals surface area contributed by atoms with Gasteiger partial charge in [0.2, 0.25) is 5.91 Å². The Morgan fingerprint density at radius 2 is 2.06 bits per heavy atom. The molecular weight excluding hydrogens is 220 g/mol. The number of hydrogen-bond acceptors (Lipinski definition) is 3. The first-order valence-electron chi connectivity index (χ1n) is 6.04. The van der Waals surface area contributed by atoms with E-state index in [0.29, 0.717) is 5.82 Å². The molecule has 0 radical (unpaired) electrons. The van der Waals surface area contributed by atoms with E-state index in [1.807, 2.05) is 11.4 Å². The Labute approximate surface area is 99.4 Å². The number of rotatable bonds is 2. The number of nitrogens with zero attached hydrogens (tertiary/aromatic N) is 1. The van der Waals surface area contributed by atoms with Crippen LogP contribution < -0.4 is 5.32 Å². The Balaban J connectivity index is 1.57. The van der Waals surface area contributed by atoms with E-state index in [-0.39, 0.29) is 11.8 Å². The molecule has 1 amide bonds. The van der Waals surface area contributed by atoms with Crippen LogP contribution in [0, 0.1) is 17.8 Å². The van der Waals surface area contributed by atoms with Crippen LogP contribution in [0.25, 0.3) is 0 Å². The van der Waals surface area contributed by atoms with E-state index in [2.05, 4.69) is 9.69 Å². The molecule has 0 bridgehead atoms. The summed E-state index contributed by atoms with van der Waals surface area (Å²) in [6.07, 6.45) is 6.05. The second-order valence-electron chi connectivity index (χ2n) is 4.98. The van der Waals surface area contributed by atoms with Gasteiger partial charge >= 0.3 is 0 Å². The predicted molar refractivity (Wildman–Crippen MR) is 64.3 cm³/mol. The molecule has 0 aliphatic heterocycles. The molecule has 1 unspecified atom stereocenters. The second-order valence-corrected chi connectivity index (χ2v) is 5.65. The molecule has 2 aliphatic rings. The summed E-state index contributed by atoms with van der Waals surface area (Å²) in [4.78, 5) is 12.0. The van der Waals surface area contributed by atoms with Gasteiger partial charge in [0, 0.05) is 11.3 Å². The van der Waals surface area contributed by atoms with Crippen LogP contribution in [0.2, 0.25) is 0 Å². The SMILES string of the molecule is O=C(Nc1ccsn1)C1CC[C@@H]2C[C@@H]2CC1. The summed E-state index contributed by atoms with van der Waals surface area (Å²) in [5, 5.41) is 4.80. The summed E-state index contributed by atoms with van der Waals surface area (Å²) in [5.74, 6) is 2.99. The highest BCUT2D eigenvalue weighted by atomic mass is 32.1. The van der Waals surface area contributed by atoms with Gasteiger partial charge in [-0.25, -0.2) is 0 Å². The summed E-state index contributed by atoms with van der Waals surface area (Å²) >= 11 is 1.38. The van der Waals surface area contributed by atoms with Gasteiger partial charge in [0.1, 0.15) is 5.82 Å². The number of carbonyl (C=O) groups excluding carboxylic acids is 1. The van der Waals surface area contributed by atoms with Crippen molar-refractivity contribution in [2.45, 2.75) is 32.1 Å². The van der Waals surface area contributed by atoms with Crippen molar-refractivity contribution in [3.05, 3.63) is 11.4 Å². The topological polar surface area (TPSA) is 42.0 Å². The van der Waals surface area contributed by atoms with Crippen LogP contribution in [0.4, 0.5) is 5.82 Å². The molecule has 0 aromatic carbocycles. The molecule has 2 fully saturated rings. The number of amides is 1. The van der Waals surface area contributed by atoms with Gasteiger partial charge in [0.25, 0.3) is 0 Å². The largest absolute Gasteiger partial charge is 0.310 e. The number of anilines is 1. The van der Waals surface area contributed by atoms with Crippen LogP contribution in [-0.4, -0.2) is 10.3 Å². The molecular formula is C12H16N2OS. The maximum atomic E-state index is 12.0. The Kier molecular flexibility index (Phi) is 2.67. The van der Waals surface area contributed by atoms with Gasteiger partial charge in [-0.3, -0.25) is 4.79 Å². The van der Waals surface area contributed by atoms with Gasteiger partial charge in [0.15, 0.2) is 0 Å². The zero-order valence-corrected chi connectivity index (χ0v) is 10.0. The van der Waals surface area contributed by atoms with Crippen LogP contribution in [0.1, 0.15) is 32.1 Å². The third kappa shape index (κ3) is 2.12. The second kappa shape index (κ2) is 4.17. The van der Waals surface area contributed by atoms with E-state index >= 15 is 0 Å². The lowest BCUT2D eigenvalue weighted by Crippen LogP contribution is -2.22. The third-order valence-electron chi connectivity index (χ3n) is 3.90. The van der Waals surface area contributed by atoms with Crippen LogP contribution >= 0.6 is 11.5 Å². The average molecular weight is 236 g/mol. The van der Waals surface area contributed by atoms with E-state index in [1.54, 1.807) is 0 Å². The van der Waals surface area contributed by atoms with Gasteiger partial charge in [-0.15, -0.1) is 0 Å². The molecule has 16 heavy (non-hydrogen) atoms. The minimum Gasteiger partial charge on any atom is -0.310 e. The van der Waals surface area contributed by atoms with Gasteiger partial charge in [-0.2, -0.15) is 4.37 Å². The monoisotopic (exact) mass is 236 g/mol. The fourth-order valence-electron chi connectivity index (χ4n) is 2.76. The van der Waals surface area contributed by atoms with Crippen molar-refractivity contribution in [2.24, 2.45) is 17.8 Å². The first kappa shape index (κ1) is 10.3. The molecule has 1 heterocycles. The van der Waals surface area contributed by atoms with E-state index in [9.17, 15) is 4.79 Å². The van der Waals surface area contributed by atoms with E-state index in [0.717, 1.165) is 24.7 Å². The van der Waals surface area contributed by atoms with Crippen molar-refractivity contribution in [1.82, 2.24) is 4.37 Å². The Hall–Kier alpha value is -0.900. The quantitative estimate of drug-likeness (QED) is 0.858. The highest BCUT2D eigenvalue weighted by molar-refractivity contribution is 7.03. The summed E-state index contributed by atoms with van der Waals surface area (Å²) in [6, 6.07) is 1.86. The zero-order valence-electron chi connectivity index (χ0n) is 9.19. The lowest BCUT2D eigenvalue weighted by molar-refractivity contribution is -0.120. The van der Waals surface area contributed by atoms with Crippen molar-refractivity contribution < 1.29 is 4.79 Å². The maximum Gasteiger partial charge on any atom is 0.228 e. The van der Waals surface area contributed by atoms with Crippen molar-refractivity contribution in [3.63, 3.8) is 0 Å². The highest BCUT2D eigenvalue weighted by Gasteiger charge is 2.40. The normalized spacial score (nSPS) is 32.6. The Bertz CT molecular complexity index is 364. The number of nitrogens with one attached hydrogen (secondary N) is 1. The third-order valence-corrected chi connectivity index (χ3v) is 4.46. The molecule has 3 rings (SSSR count). The van der Waals surface area contributed by atoms with Gasteiger partial charge < -0.3 is 5.32 Å². The summed E-state index contributed by atoms with van der Waals surface area (Å²) in [6.45, 7) is 0. The summed E-state index contributed by atoms with van der Waals surface area (Å²) < 4.78 is 4.11. The van der Waals surface area contributed by atoms with Gasteiger partial charge in [0.05, 0.1) is 0 Å². The zero-order chi connectivity index (χ0) is 11.0. The number of carbonyl (C=O) groups is 1. The van der Waals surface area contributed by atoms with E-state index in [1.165, 1.54) is 30.8 Å². The minimum atomic E-state index is 0.173. The van der Waals surface area contributed by atoms with E-state index in [4.69, 9.17) is 0 Å². The molecule has 1 N–H and O–H groups in total. The molecule has 4 heteroatoms. The number of fused-ring (bicyclic) bond motifs is 1. The lowest BCUT2D eigenvalue weighted by Gasteiger charge is -2.13. The summed E-state index contributed by atoms with van der Waals surface area (Å²) in [7, 11) is 0. The van der Waals surface area contributed by atoms with Crippen molar-refractivity contribution in [1.29, 1.82) is 0 Å². The van der Waals surface area contributed by atoms with Crippen LogP contribution in [0.5, 0.6) is 0 Å². The molecule has 0 saturated heterocycles. The Morgan fingerprint density at radius 3 is 2.69 bits per heavy atom. The number of aromatic nitrogens is 1. The first-order chi connectivity index (χ1) is 7.83. The molecule has 3 nitrogen and oxygen atoms in total. The molecule has 1 aromatic heterocycles. The average Bonchev–Trinajstić information content (AvgIpc) is 2.87. The first-order valence-corrected chi connectivity index (χ1v) is 6.88. The molecule has 86 valence electrons. The van der Waals surface area contributed by atoms with Crippen LogP contribution in [0.15, 0.2) is 11.4 Å². The fraction of sp³-hybridized carbons (Fsp3) is 0.667. The van der Waals surface area contributed by atoms with Crippen LogP contribution in [-0.2, 0) is 4.79 Å². The number of hydrogen-bond donors (Lipinski definition) is 1. The predicted octanol–water partition coefficient (Wildman–Crippen LogP) is 2.91. The standard InChI is InChI=1S/C12H16N2OS/c15-12(13-11-5-6-16-14-11)8-1-3-9-7-10(9)4-2-8/h5-6,8-10H,1-4,7H2,(H,13,14,15)/t8?,9-,10+. The Morgan fingerprint density at radius 1 is 1.31 bits per heavy atom. The van der Waals surface area contributed by atoms with Crippen molar-refractivity contribution in [2.75, 3.05) is 5.32 Å². The minimum absolute atomic E-state index is 0.173. The summed E-state index contributed by atoms with van der Waals surface area (Å²) in [5.41, 5.74) is 0. The maximum absolute atomic E-state index is 12.0. The molecule has 3 atom stereocenters. The molecule has 2 saturated carbocycles. The molecule has 2 aliphatic carbocycles. The molecule has 1 aromatic rings. The smallest absolute Gasteiger partial charge is 0.228 e. The van der Waals surface area contributed by atoms with E-state index < -0.39 is 0 Å². The lowest BCUT2D eigenvalue weighted by atomic mass is 9.97. The fourth-order valence-corrected chi connectivity index (χ4v) is 3.23. The van der Waals surface area contributed by atoms with Gasteiger partial charge in [-0.1, -0.05) is 0 Å². The van der Waals surface area contributed by atoms with Crippen LogP contribution in [0.3, 0.4) is 0 Å². The van der Waals surface area contributed by atoms with Crippen molar-refractivity contribution >= 4 is 23.3 Å². The highest BCUT2D eigenvalue weighted by Crippen LogP contribution is 2.49. The van der Waals surface area contributed by atoms with Crippen molar-refractivity contribution in [3.8, 4) is 0 Å².